The van der Waals surface area contributed by atoms with Gasteiger partial charge in [-0.05, 0) is 95.1 Å². The number of benzene rings is 9. The van der Waals surface area contributed by atoms with Crippen molar-refractivity contribution >= 4 is 83.5 Å². The standard InChI is InChI=1S/C54H30BNO4/c1-6-16-43(56-44-17-7-2-12-35(44)36-13-3-8-18-45(36)56)34(11-1)32-22-25-49-42(29-32)55-53-40(38-15-5-10-20-48(38)60-55)28-33(30-51(53)58-49)31-21-24-47-41(27-31)52-50(57-47)26-23-39-37-14-4-9-19-46(37)59-54(39)52/h1-30H. The van der Waals surface area contributed by atoms with Gasteiger partial charge in [0.15, 0.2) is 0 Å². The molecule has 3 aromatic heterocycles. The van der Waals surface area contributed by atoms with Crippen LogP contribution in [0.2, 0.25) is 0 Å². The molecule has 0 N–H and O–H groups in total. The molecule has 0 saturated heterocycles. The number of hydrogen-bond donors (Lipinski definition) is 0. The first-order chi connectivity index (χ1) is 29.7. The van der Waals surface area contributed by atoms with Crippen LogP contribution < -0.4 is 20.3 Å². The number of fused-ring (bicyclic) bond motifs is 14. The van der Waals surface area contributed by atoms with Gasteiger partial charge in [0.25, 0.3) is 0 Å². The highest BCUT2D eigenvalue weighted by Gasteiger charge is 2.41. The van der Waals surface area contributed by atoms with E-state index in [0.29, 0.717) is 0 Å². The molecule has 0 bridgehead atoms. The summed E-state index contributed by atoms with van der Waals surface area (Å²) in [5.74, 6) is 2.44. The summed E-state index contributed by atoms with van der Waals surface area (Å²) in [5.41, 5.74) is 15.3. The van der Waals surface area contributed by atoms with Crippen molar-refractivity contribution in [3.8, 4) is 56.3 Å². The average molecular weight is 768 g/mol. The lowest BCUT2D eigenvalue weighted by Gasteiger charge is -2.33. The van der Waals surface area contributed by atoms with E-state index in [9.17, 15) is 0 Å². The maximum atomic E-state index is 6.97. The van der Waals surface area contributed by atoms with Gasteiger partial charge in [-0.15, -0.1) is 0 Å². The van der Waals surface area contributed by atoms with Gasteiger partial charge in [0.2, 0.25) is 0 Å². The fourth-order valence-electron chi connectivity index (χ4n) is 10.0. The van der Waals surface area contributed by atoms with E-state index in [2.05, 4.69) is 168 Å². The summed E-state index contributed by atoms with van der Waals surface area (Å²) in [4.78, 5) is 0. The van der Waals surface area contributed by atoms with E-state index in [4.69, 9.17) is 18.2 Å². The van der Waals surface area contributed by atoms with Crippen molar-refractivity contribution in [1.29, 1.82) is 0 Å². The third-order valence-corrected chi connectivity index (χ3v) is 12.7. The minimum absolute atomic E-state index is 0.357. The molecule has 6 heteroatoms. The fourth-order valence-corrected chi connectivity index (χ4v) is 10.0. The quantitative estimate of drug-likeness (QED) is 0.168. The highest BCUT2D eigenvalue weighted by atomic mass is 16.5. The van der Waals surface area contributed by atoms with Gasteiger partial charge in [-0.3, -0.25) is 0 Å². The first-order valence-corrected chi connectivity index (χ1v) is 20.3. The van der Waals surface area contributed by atoms with Gasteiger partial charge in [0.1, 0.15) is 39.6 Å². The van der Waals surface area contributed by atoms with Crippen molar-refractivity contribution < 1.29 is 18.2 Å². The van der Waals surface area contributed by atoms with Crippen LogP contribution in [-0.2, 0) is 0 Å². The molecule has 0 atom stereocenters. The molecule has 2 aliphatic rings. The molecule has 0 saturated carbocycles. The van der Waals surface area contributed by atoms with Gasteiger partial charge >= 0.3 is 6.92 Å². The Hall–Kier alpha value is -7.96. The lowest BCUT2D eigenvalue weighted by Crippen LogP contribution is -2.53. The predicted octanol–water partition coefficient (Wildman–Crippen LogP) is 13.2. The van der Waals surface area contributed by atoms with Crippen LogP contribution in [0.15, 0.2) is 191 Å². The van der Waals surface area contributed by atoms with Crippen LogP contribution in [0.5, 0.6) is 17.2 Å². The van der Waals surface area contributed by atoms with E-state index >= 15 is 0 Å². The highest BCUT2D eigenvalue weighted by Crippen LogP contribution is 2.45. The second-order valence-electron chi connectivity index (χ2n) is 15.9. The summed E-state index contributed by atoms with van der Waals surface area (Å²) < 4.78 is 29.2. The molecule has 0 aliphatic carbocycles. The van der Waals surface area contributed by atoms with Gasteiger partial charge < -0.3 is 22.8 Å². The summed E-state index contributed by atoms with van der Waals surface area (Å²) in [6.45, 7) is -0.357. The maximum absolute atomic E-state index is 6.97. The second kappa shape index (κ2) is 11.8. The topological polar surface area (TPSA) is 49.7 Å². The zero-order valence-electron chi connectivity index (χ0n) is 32.0. The van der Waals surface area contributed by atoms with E-state index in [0.717, 1.165) is 111 Å². The van der Waals surface area contributed by atoms with Crippen LogP contribution in [0.25, 0.3) is 105 Å². The van der Waals surface area contributed by atoms with E-state index in [1.54, 1.807) is 0 Å². The highest BCUT2D eigenvalue weighted by molar-refractivity contribution is 6.84. The van der Waals surface area contributed by atoms with E-state index in [1.165, 1.54) is 21.8 Å². The first-order valence-electron chi connectivity index (χ1n) is 20.3. The molecule has 0 amide bonds. The lowest BCUT2D eigenvalue weighted by atomic mass is 9.50. The van der Waals surface area contributed by atoms with Crippen LogP contribution in [0, 0.1) is 0 Å². The molecular weight excluding hydrogens is 737 g/mol. The molecule has 278 valence electrons. The molecule has 14 rings (SSSR count). The number of hydrogen-bond acceptors (Lipinski definition) is 4. The monoisotopic (exact) mass is 767 g/mol. The number of aromatic nitrogens is 1. The molecule has 0 unspecified atom stereocenters. The molecular formula is C54H30BNO4. The Morgan fingerprint density at radius 3 is 1.97 bits per heavy atom. The molecule has 9 aromatic carbocycles. The van der Waals surface area contributed by atoms with Crippen LogP contribution in [-0.4, -0.2) is 11.5 Å². The first kappa shape index (κ1) is 32.1. The zero-order valence-corrected chi connectivity index (χ0v) is 32.0. The SMILES string of the molecule is c1ccc2c(c1)OB1c3cc(-c4ccccc4-n4c5ccccc5c5ccccc54)ccc3Oc3cc(-c4ccc5oc6ccc7c8ccccc8oc7c6c5c4)cc-2c31. The smallest absolute Gasteiger partial charge is 0.434 e. The Balaban J connectivity index is 0.929. The van der Waals surface area contributed by atoms with E-state index < -0.39 is 0 Å². The number of furan rings is 2. The van der Waals surface area contributed by atoms with Gasteiger partial charge in [-0.1, -0.05) is 109 Å². The number of rotatable bonds is 3. The van der Waals surface area contributed by atoms with E-state index in [1.807, 2.05) is 18.2 Å². The summed E-state index contributed by atoms with van der Waals surface area (Å²) in [5, 5.41) is 6.65. The van der Waals surface area contributed by atoms with Crippen molar-refractivity contribution in [3.05, 3.63) is 182 Å². The summed E-state index contributed by atoms with van der Waals surface area (Å²) in [7, 11) is 0. The van der Waals surface area contributed by atoms with Crippen molar-refractivity contribution in [2.24, 2.45) is 0 Å². The predicted molar refractivity (Wildman–Crippen MR) is 244 cm³/mol. The van der Waals surface area contributed by atoms with Crippen molar-refractivity contribution in [3.63, 3.8) is 0 Å². The van der Waals surface area contributed by atoms with Crippen molar-refractivity contribution in [2.45, 2.75) is 0 Å². The molecule has 2 aliphatic heterocycles. The number of ether oxygens (including phenoxy) is 1. The summed E-state index contributed by atoms with van der Waals surface area (Å²) in [6.07, 6.45) is 0. The maximum Gasteiger partial charge on any atom is 0.434 e. The second-order valence-corrected chi connectivity index (χ2v) is 15.9. The van der Waals surface area contributed by atoms with Crippen LogP contribution in [0.3, 0.4) is 0 Å². The minimum Gasteiger partial charge on any atom is -0.551 e. The zero-order chi connectivity index (χ0) is 39.1. The van der Waals surface area contributed by atoms with Crippen molar-refractivity contribution in [2.75, 3.05) is 0 Å². The molecule has 60 heavy (non-hydrogen) atoms. The Morgan fingerprint density at radius 2 is 1.10 bits per heavy atom. The molecule has 5 heterocycles. The number of para-hydroxylation sites is 5. The Morgan fingerprint density at radius 1 is 0.400 bits per heavy atom. The summed E-state index contributed by atoms with van der Waals surface area (Å²) in [6, 6.07) is 64.1. The number of nitrogens with zero attached hydrogens (tertiary/aromatic N) is 1. The van der Waals surface area contributed by atoms with Crippen molar-refractivity contribution in [1.82, 2.24) is 4.57 Å². The van der Waals surface area contributed by atoms with Crippen LogP contribution >= 0.6 is 0 Å². The largest absolute Gasteiger partial charge is 0.551 e. The fraction of sp³-hybridized carbons (Fsp3) is 0. The molecule has 12 aromatic rings. The summed E-state index contributed by atoms with van der Waals surface area (Å²) >= 11 is 0. The minimum atomic E-state index is -0.357. The van der Waals surface area contributed by atoms with Crippen LogP contribution in [0.4, 0.5) is 0 Å². The Bertz CT molecular complexity index is 3760. The van der Waals surface area contributed by atoms with Gasteiger partial charge in [0.05, 0.1) is 22.1 Å². The average Bonchev–Trinajstić information content (AvgIpc) is 3.98. The Kier molecular flexibility index (Phi) is 6.31. The molecule has 5 nitrogen and oxygen atoms in total. The van der Waals surface area contributed by atoms with E-state index in [-0.39, 0.29) is 6.92 Å². The molecule has 0 radical (unpaired) electrons. The van der Waals surface area contributed by atoms with Gasteiger partial charge in [-0.2, -0.15) is 0 Å². The van der Waals surface area contributed by atoms with Gasteiger partial charge in [-0.25, -0.2) is 0 Å². The molecule has 0 fully saturated rings. The van der Waals surface area contributed by atoms with Crippen LogP contribution in [0.1, 0.15) is 0 Å². The Labute approximate surface area is 343 Å². The normalized spacial score (nSPS) is 12.9. The van der Waals surface area contributed by atoms with Gasteiger partial charge in [0, 0.05) is 49.0 Å². The molecule has 0 spiro atoms. The third-order valence-electron chi connectivity index (χ3n) is 12.7. The third kappa shape index (κ3) is 4.37. The lowest BCUT2D eigenvalue weighted by molar-refractivity contribution is 0.479.